The fourth-order valence-electron chi connectivity index (χ4n) is 1.06. The summed E-state index contributed by atoms with van der Waals surface area (Å²) in [5, 5.41) is -1.45. The van der Waals surface area contributed by atoms with Gasteiger partial charge in [0.1, 0.15) is 5.75 Å². The number of alkyl halides is 4. The first-order valence-electron chi connectivity index (χ1n) is 4.42. The first-order valence-corrected chi connectivity index (χ1v) is 5.34. The normalized spacial score (nSPS) is 12.7. The second kappa shape index (κ2) is 5.60. The van der Waals surface area contributed by atoms with Crippen LogP contribution in [-0.2, 0) is 5.88 Å². The van der Waals surface area contributed by atoms with Gasteiger partial charge in [-0.1, -0.05) is 17.7 Å². The van der Waals surface area contributed by atoms with Crippen molar-refractivity contribution in [3.8, 4) is 5.75 Å². The van der Waals surface area contributed by atoms with E-state index in [1.807, 2.05) is 0 Å². The fraction of sp³-hybridized carbons (Fsp3) is 0.300. The number of benzene rings is 1. The van der Waals surface area contributed by atoms with Crippen LogP contribution >= 0.6 is 23.2 Å². The van der Waals surface area contributed by atoms with E-state index < -0.39 is 11.3 Å². The molecule has 0 bridgehead atoms. The standard InChI is InChI=1S/C10H8Cl2F3NO/c1-17-7-3-2-6(5-11)8(4-7)16-9(12)10(13,14)15/h2-4H,5H2,1H3. The first-order chi connectivity index (χ1) is 7.88. The van der Waals surface area contributed by atoms with Crippen molar-refractivity contribution < 1.29 is 17.9 Å². The minimum Gasteiger partial charge on any atom is -0.497 e. The van der Waals surface area contributed by atoms with E-state index in [-0.39, 0.29) is 11.6 Å². The second-order valence-corrected chi connectivity index (χ2v) is 3.65. The van der Waals surface area contributed by atoms with E-state index in [9.17, 15) is 13.2 Å². The van der Waals surface area contributed by atoms with Gasteiger partial charge in [-0.2, -0.15) is 13.2 Å². The molecule has 0 aliphatic heterocycles. The van der Waals surface area contributed by atoms with Crippen LogP contribution in [0, 0.1) is 0 Å². The van der Waals surface area contributed by atoms with Gasteiger partial charge in [-0.3, -0.25) is 0 Å². The second-order valence-electron chi connectivity index (χ2n) is 3.03. The number of hydrogen-bond acceptors (Lipinski definition) is 2. The van der Waals surface area contributed by atoms with Crippen LogP contribution in [0.3, 0.4) is 0 Å². The van der Waals surface area contributed by atoms with Crippen molar-refractivity contribution in [3.63, 3.8) is 0 Å². The highest BCUT2D eigenvalue weighted by Gasteiger charge is 2.34. The Bertz CT molecular complexity index is 432. The molecular formula is C10H8Cl2F3NO. The molecular weight excluding hydrogens is 278 g/mol. The third-order valence-corrected chi connectivity index (χ3v) is 2.48. The monoisotopic (exact) mass is 285 g/mol. The summed E-state index contributed by atoms with van der Waals surface area (Å²) in [6, 6.07) is 4.45. The summed E-state index contributed by atoms with van der Waals surface area (Å²) in [5.41, 5.74) is 0.483. The van der Waals surface area contributed by atoms with Crippen molar-refractivity contribution in [1.82, 2.24) is 0 Å². The molecule has 1 aromatic rings. The molecule has 94 valence electrons. The van der Waals surface area contributed by atoms with E-state index in [4.69, 9.17) is 27.9 Å². The van der Waals surface area contributed by atoms with Crippen LogP contribution in [-0.4, -0.2) is 18.5 Å². The largest absolute Gasteiger partial charge is 0.497 e. The van der Waals surface area contributed by atoms with Gasteiger partial charge in [0.15, 0.2) is 0 Å². The molecule has 17 heavy (non-hydrogen) atoms. The molecule has 0 amide bonds. The smallest absolute Gasteiger partial charge is 0.444 e. The summed E-state index contributed by atoms with van der Waals surface area (Å²) in [6.45, 7) is 0. The molecule has 0 atom stereocenters. The number of methoxy groups -OCH3 is 1. The van der Waals surface area contributed by atoms with Crippen molar-refractivity contribution in [3.05, 3.63) is 23.8 Å². The quantitative estimate of drug-likeness (QED) is 0.600. The van der Waals surface area contributed by atoms with Gasteiger partial charge in [0.25, 0.3) is 0 Å². The summed E-state index contributed by atoms with van der Waals surface area (Å²) >= 11 is 10.6. The Labute approximate surface area is 106 Å². The number of rotatable bonds is 3. The molecule has 0 unspecified atom stereocenters. The lowest BCUT2D eigenvalue weighted by Gasteiger charge is -2.07. The van der Waals surface area contributed by atoms with E-state index in [0.29, 0.717) is 11.3 Å². The average molecular weight is 286 g/mol. The molecule has 1 aromatic carbocycles. The van der Waals surface area contributed by atoms with Gasteiger partial charge in [-0.25, -0.2) is 4.99 Å². The minimum atomic E-state index is -4.67. The molecule has 0 saturated carbocycles. The fourth-order valence-corrected chi connectivity index (χ4v) is 1.37. The maximum absolute atomic E-state index is 12.2. The van der Waals surface area contributed by atoms with Gasteiger partial charge in [0, 0.05) is 11.9 Å². The first kappa shape index (κ1) is 14.1. The van der Waals surface area contributed by atoms with E-state index in [0.717, 1.165) is 0 Å². The number of halogens is 5. The topological polar surface area (TPSA) is 21.6 Å². The Hall–Kier alpha value is -0.940. The van der Waals surface area contributed by atoms with Gasteiger partial charge in [0.2, 0.25) is 5.17 Å². The third kappa shape index (κ3) is 3.78. The molecule has 0 saturated heterocycles. The van der Waals surface area contributed by atoms with Crippen molar-refractivity contribution in [2.75, 3.05) is 7.11 Å². The summed E-state index contributed by atoms with van der Waals surface area (Å²) in [5.74, 6) is 0.412. The summed E-state index contributed by atoms with van der Waals surface area (Å²) in [6.07, 6.45) is -4.67. The molecule has 2 nitrogen and oxygen atoms in total. The molecule has 0 spiro atoms. The van der Waals surface area contributed by atoms with Gasteiger partial charge >= 0.3 is 6.18 Å². The SMILES string of the molecule is COc1ccc(CCl)c(N=C(Cl)C(F)(F)F)c1. The average Bonchev–Trinajstić information content (AvgIpc) is 2.27. The van der Waals surface area contributed by atoms with Gasteiger partial charge in [-0.15, -0.1) is 11.6 Å². The Morgan fingerprint density at radius 2 is 2.06 bits per heavy atom. The zero-order chi connectivity index (χ0) is 13.1. The van der Waals surface area contributed by atoms with Crippen molar-refractivity contribution >= 4 is 34.1 Å². The predicted octanol–water partition coefficient (Wildman–Crippen LogP) is 4.27. The van der Waals surface area contributed by atoms with E-state index in [1.54, 1.807) is 6.07 Å². The molecule has 0 aliphatic carbocycles. The summed E-state index contributed by atoms with van der Waals surface area (Å²) < 4.78 is 41.6. The predicted molar refractivity (Wildman–Crippen MR) is 61.6 cm³/mol. The van der Waals surface area contributed by atoms with Gasteiger partial charge in [0.05, 0.1) is 12.8 Å². The maximum Gasteiger partial charge on any atom is 0.444 e. The molecule has 0 N–H and O–H groups in total. The molecule has 1 rings (SSSR count). The van der Waals surface area contributed by atoms with Crippen LogP contribution in [0.1, 0.15) is 5.56 Å². The molecule has 0 heterocycles. The van der Waals surface area contributed by atoms with Crippen LogP contribution in [0.15, 0.2) is 23.2 Å². The van der Waals surface area contributed by atoms with Gasteiger partial charge < -0.3 is 4.74 Å². The lowest BCUT2D eigenvalue weighted by Crippen LogP contribution is -2.16. The van der Waals surface area contributed by atoms with E-state index >= 15 is 0 Å². The number of hydrogen-bond donors (Lipinski definition) is 0. The molecule has 0 aromatic heterocycles. The Morgan fingerprint density at radius 3 is 2.53 bits per heavy atom. The van der Waals surface area contributed by atoms with E-state index in [2.05, 4.69) is 4.99 Å². The lowest BCUT2D eigenvalue weighted by atomic mass is 10.2. The van der Waals surface area contributed by atoms with Crippen LogP contribution in [0.2, 0.25) is 0 Å². The van der Waals surface area contributed by atoms with Crippen LogP contribution < -0.4 is 4.74 Å². The van der Waals surface area contributed by atoms with Crippen molar-refractivity contribution in [1.29, 1.82) is 0 Å². The van der Waals surface area contributed by atoms with Crippen molar-refractivity contribution in [2.45, 2.75) is 12.1 Å². The van der Waals surface area contributed by atoms with E-state index in [1.165, 1.54) is 19.2 Å². The maximum atomic E-state index is 12.2. The Balaban J connectivity index is 3.20. The lowest BCUT2D eigenvalue weighted by molar-refractivity contribution is -0.0558. The Kier molecular flexibility index (Phi) is 4.65. The van der Waals surface area contributed by atoms with Gasteiger partial charge in [-0.05, 0) is 11.6 Å². The highest BCUT2D eigenvalue weighted by Crippen LogP contribution is 2.30. The molecule has 7 heteroatoms. The number of nitrogens with zero attached hydrogens (tertiary/aromatic N) is 1. The van der Waals surface area contributed by atoms with Crippen LogP contribution in [0.4, 0.5) is 18.9 Å². The van der Waals surface area contributed by atoms with Crippen LogP contribution in [0.25, 0.3) is 0 Å². The highest BCUT2D eigenvalue weighted by molar-refractivity contribution is 6.67. The molecule has 0 radical (unpaired) electrons. The number of aliphatic imine (C=N–C) groups is 1. The summed E-state index contributed by atoms with van der Waals surface area (Å²) in [7, 11) is 1.40. The summed E-state index contributed by atoms with van der Waals surface area (Å²) in [4.78, 5) is 3.30. The Morgan fingerprint density at radius 1 is 1.41 bits per heavy atom. The highest BCUT2D eigenvalue weighted by atomic mass is 35.5. The number of ether oxygens (including phenoxy) is 1. The van der Waals surface area contributed by atoms with Crippen molar-refractivity contribution in [2.24, 2.45) is 4.99 Å². The zero-order valence-corrected chi connectivity index (χ0v) is 10.2. The van der Waals surface area contributed by atoms with Crippen LogP contribution in [0.5, 0.6) is 5.75 Å². The minimum absolute atomic E-state index is 0.0326. The molecule has 0 fully saturated rings. The third-order valence-electron chi connectivity index (χ3n) is 1.89. The molecule has 0 aliphatic rings. The zero-order valence-electron chi connectivity index (χ0n) is 8.68.